The van der Waals surface area contributed by atoms with Crippen molar-refractivity contribution in [1.82, 2.24) is 5.01 Å². The van der Waals surface area contributed by atoms with Crippen molar-refractivity contribution in [2.24, 2.45) is 15.1 Å². The Hall–Kier alpha value is -2.96. The average Bonchev–Trinajstić information content (AvgIpc) is 2.94. The molecule has 130 valence electrons. The number of carbonyl (C=O) groups is 1. The topological polar surface area (TPSA) is 75.8 Å². The van der Waals surface area contributed by atoms with Gasteiger partial charge in [0.05, 0.1) is 25.6 Å². The van der Waals surface area contributed by atoms with Gasteiger partial charge in [0, 0.05) is 0 Å². The largest absolute Gasteiger partial charge is 0.493 e. The van der Waals surface area contributed by atoms with Crippen molar-refractivity contribution in [2.45, 2.75) is 26.7 Å². The minimum atomic E-state index is -0.356. The maximum absolute atomic E-state index is 12.3. The number of fused-ring (bicyclic) bond motifs is 1. The zero-order valence-electron chi connectivity index (χ0n) is 14.7. The third-order valence-corrected chi connectivity index (χ3v) is 4.01. The van der Waals surface area contributed by atoms with E-state index < -0.39 is 0 Å². The van der Waals surface area contributed by atoms with E-state index in [9.17, 15) is 4.79 Å². The Bertz CT molecular complexity index is 837. The third-order valence-electron chi connectivity index (χ3n) is 4.01. The van der Waals surface area contributed by atoms with E-state index in [1.54, 1.807) is 32.4 Å². The minimum Gasteiger partial charge on any atom is -0.493 e. The van der Waals surface area contributed by atoms with Gasteiger partial charge < -0.3 is 9.47 Å². The summed E-state index contributed by atoms with van der Waals surface area (Å²) in [6.07, 6.45) is 3.22. The maximum atomic E-state index is 12.3. The lowest BCUT2D eigenvalue weighted by Gasteiger charge is -2.20. The van der Waals surface area contributed by atoms with Crippen molar-refractivity contribution in [1.29, 1.82) is 0 Å². The van der Waals surface area contributed by atoms with Gasteiger partial charge >= 0.3 is 0 Å². The van der Waals surface area contributed by atoms with Crippen molar-refractivity contribution in [3.05, 3.63) is 29.5 Å². The van der Waals surface area contributed by atoms with Gasteiger partial charge in [0.25, 0.3) is 11.9 Å². The summed E-state index contributed by atoms with van der Waals surface area (Å²) in [5, 5.41) is 6.07. The number of aliphatic imine (C=N–C) groups is 2. The number of methoxy groups -OCH3 is 2. The summed E-state index contributed by atoms with van der Waals surface area (Å²) in [7, 11) is 3.15. The Labute approximate surface area is 146 Å². The van der Waals surface area contributed by atoms with Crippen LogP contribution in [0.25, 0.3) is 6.08 Å². The van der Waals surface area contributed by atoms with Gasteiger partial charge in [-0.1, -0.05) is 19.9 Å². The molecule has 0 radical (unpaired) electrons. The van der Waals surface area contributed by atoms with Crippen LogP contribution in [-0.4, -0.2) is 42.5 Å². The number of guanidine groups is 1. The molecule has 0 fully saturated rings. The number of hydrogen-bond donors (Lipinski definition) is 0. The second-order valence-corrected chi connectivity index (χ2v) is 5.49. The molecule has 0 bridgehead atoms. The molecule has 1 aromatic rings. The number of rotatable bonds is 5. The van der Waals surface area contributed by atoms with E-state index in [2.05, 4.69) is 15.1 Å². The van der Waals surface area contributed by atoms with E-state index >= 15 is 0 Å². The quantitative estimate of drug-likeness (QED) is 0.772. The second-order valence-electron chi connectivity index (χ2n) is 5.49. The summed E-state index contributed by atoms with van der Waals surface area (Å²) >= 11 is 0. The average molecular weight is 340 g/mol. The molecule has 0 saturated carbocycles. The van der Waals surface area contributed by atoms with Crippen molar-refractivity contribution < 1.29 is 14.3 Å². The normalized spacial score (nSPS) is 17.9. The molecule has 2 aliphatic rings. The van der Waals surface area contributed by atoms with Crippen LogP contribution >= 0.6 is 0 Å². The van der Waals surface area contributed by atoms with Crippen molar-refractivity contribution in [2.75, 3.05) is 14.2 Å². The Balaban J connectivity index is 1.99. The maximum Gasteiger partial charge on any atom is 0.299 e. The van der Waals surface area contributed by atoms with E-state index in [4.69, 9.17) is 9.47 Å². The van der Waals surface area contributed by atoms with Gasteiger partial charge in [-0.05, 0) is 36.6 Å². The lowest BCUT2D eigenvalue weighted by molar-refractivity contribution is -0.114. The fraction of sp³-hybridized carbons (Fsp3) is 0.333. The molecule has 0 spiro atoms. The molecule has 0 atom stereocenters. The number of nitrogens with zero attached hydrogens (tertiary/aromatic N) is 4. The first kappa shape index (κ1) is 16.9. The number of hydrazone groups is 1. The molecule has 2 aliphatic heterocycles. The third kappa shape index (κ3) is 3.05. The molecule has 25 heavy (non-hydrogen) atoms. The molecular weight excluding hydrogens is 320 g/mol. The van der Waals surface area contributed by atoms with Crippen LogP contribution in [-0.2, 0) is 4.79 Å². The molecule has 0 N–H and O–H groups in total. The molecule has 0 aromatic heterocycles. The zero-order chi connectivity index (χ0) is 18.0. The zero-order valence-corrected chi connectivity index (χ0v) is 14.7. The van der Waals surface area contributed by atoms with Gasteiger partial charge in [-0.15, -0.1) is 0 Å². The predicted molar refractivity (Wildman–Crippen MR) is 97.3 cm³/mol. The van der Waals surface area contributed by atoms with Gasteiger partial charge in [0.15, 0.2) is 11.5 Å². The summed E-state index contributed by atoms with van der Waals surface area (Å²) < 4.78 is 10.5. The highest BCUT2D eigenvalue weighted by molar-refractivity contribution is 6.45. The van der Waals surface area contributed by atoms with Gasteiger partial charge in [-0.25, -0.2) is 4.99 Å². The van der Waals surface area contributed by atoms with Crippen LogP contribution in [0.15, 0.2) is 39.0 Å². The van der Waals surface area contributed by atoms with Gasteiger partial charge in [0.1, 0.15) is 5.70 Å². The Morgan fingerprint density at radius 2 is 1.76 bits per heavy atom. The van der Waals surface area contributed by atoms with Crippen LogP contribution in [0.5, 0.6) is 11.5 Å². The van der Waals surface area contributed by atoms with E-state index in [0.29, 0.717) is 23.2 Å². The van der Waals surface area contributed by atoms with Crippen LogP contribution in [0, 0.1) is 0 Å². The number of carbonyl (C=O) groups excluding carboxylic acids is 1. The second kappa shape index (κ2) is 6.88. The fourth-order valence-electron chi connectivity index (χ4n) is 2.71. The first-order chi connectivity index (χ1) is 12.1. The van der Waals surface area contributed by atoms with Crippen LogP contribution < -0.4 is 9.47 Å². The van der Waals surface area contributed by atoms with Crippen LogP contribution in [0.2, 0.25) is 0 Å². The van der Waals surface area contributed by atoms with E-state index in [1.165, 1.54) is 5.01 Å². The van der Waals surface area contributed by atoms with Crippen LogP contribution in [0.4, 0.5) is 0 Å². The van der Waals surface area contributed by atoms with E-state index in [-0.39, 0.29) is 5.91 Å². The Kier molecular flexibility index (Phi) is 4.65. The monoisotopic (exact) mass is 340 g/mol. The van der Waals surface area contributed by atoms with Gasteiger partial charge in [-0.2, -0.15) is 15.1 Å². The summed E-state index contributed by atoms with van der Waals surface area (Å²) in [5.74, 6) is 1.18. The standard InChI is InChI=1S/C18H20N4O3/c1-5-12-13(6-2)21-22-14(17(23)20-18(22)19-12)9-11-7-8-15(24-3)16(10-11)25-4/h7-10H,5-6H2,1-4H3. The molecule has 2 heterocycles. The number of ether oxygens (including phenoxy) is 2. The molecule has 1 aromatic carbocycles. The molecule has 0 aliphatic carbocycles. The minimum absolute atomic E-state index is 0.325. The molecule has 7 nitrogen and oxygen atoms in total. The first-order valence-corrected chi connectivity index (χ1v) is 8.13. The van der Waals surface area contributed by atoms with Gasteiger partial charge in [-0.3, -0.25) is 4.79 Å². The van der Waals surface area contributed by atoms with E-state index in [1.807, 2.05) is 19.9 Å². The summed E-state index contributed by atoms with van der Waals surface area (Å²) in [6.45, 7) is 4.03. The van der Waals surface area contributed by atoms with E-state index in [0.717, 1.165) is 29.8 Å². The smallest absolute Gasteiger partial charge is 0.299 e. The predicted octanol–water partition coefficient (Wildman–Crippen LogP) is 2.87. The highest BCUT2D eigenvalue weighted by Crippen LogP contribution is 2.30. The Morgan fingerprint density at radius 3 is 2.40 bits per heavy atom. The first-order valence-electron chi connectivity index (χ1n) is 8.13. The van der Waals surface area contributed by atoms with Crippen molar-refractivity contribution in [3.8, 4) is 11.5 Å². The summed E-state index contributed by atoms with van der Waals surface area (Å²) in [4.78, 5) is 20.8. The summed E-state index contributed by atoms with van der Waals surface area (Å²) in [5.41, 5.74) is 2.90. The number of amides is 1. The molecule has 3 rings (SSSR count). The molecule has 0 unspecified atom stereocenters. The molecule has 1 amide bonds. The molecule has 0 saturated heterocycles. The highest BCUT2D eigenvalue weighted by Gasteiger charge is 2.33. The van der Waals surface area contributed by atoms with Crippen LogP contribution in [0.3, 0.4) is 0 Å². The van der Waals surface area contributed by atoms with Gasteiger partial charge in [0.2, 0.25) is 0 Å². The molecule has 7 heteroatoms. The highest BCUT2D eigenvalue weighted by atomic mass is 16.5. The van der Waals surface area contributed by atoms with Crippen molar-refractivity contribution in [3.63, 3.8) is 0 Å². The fourth-order valence-corrected chi connectivity index (χ4v) is 2.71. The van der Waals surface area contributed by atoms with Crippen molar-refractivity contribution >= 4 is 29.4 Å². The lowest BCUT2D eigenvalue weighted by atomic mass is 10.1. The number of hydrogen-bond acceptors (Lipinski definition) is 6. The lowest BCUT2D eigenvalue weighted by Crippen LogP contribution is -2.30. The van der Waals surface area contributed by atoms with Crippen LogP contribution in [0.1, 0.15) is 32.3 Å². The SMILES string of the molecule is CCC1=NC2=NC(=O)C(=Cc3ccc(OC)c(OC)c3)N2N=C1CC. The Morgan fingerprint density at radius 1 is 1.04 bits per heavy atom. The summed E-state index contributed by atoms with van der Waals surface area (Å²) in [6, 6.07) is 5.43. The molecular formula is C18H20N4O3. The number of benzene rings is 1.